The van der Waals surface area contributed by atoms with E-state index in [4.69, 9.17) is 0 Å². The molecule has 3 aromatic rings. The van der Waals surface area contributed by atoms with E-state index in [1.807, 2.05) is 60.0 Å². The summed E-state index contributed by atoms with van der Waals surface area (Å²) in [5.74, 6) is 0. The first-order valence-corrected chi connectivity index (χ1v) is 7.26. The van der Waals surface area contributed by atoms with Crippen molar-refractivity contribution in [1.29, 1.82) is 0 Å². The first-order chi connectivity index (χ1) is 9.83. The molecule has 3 rings (SSSR count). The van der Waals surface area contributed by atoms with Crippen LogP contribution in [0.15, 0.2) is 60.0 Å². The average molecular weight is 282 g/mol. The Morgan fingerprint density at radius 3 is 2.70 bits per heavy atom. The number of rotatable bonds is 3. The van der Waals surface area contributed by atoms with Crippen LogP contribution in [0.3, 0.4) is 0 Å². The summed E-state index contributed by atoms with van der Waals surface area (Å²) in [5, 5.41) is 8.94. The smallest absolute Gasteiger partial charge is 0.319 e. The van der Waals surface area contributed by atoms with Gasteiger partial charge >= 0.3 is 6.03 Å². The number of anilines is 1. The molecule has 0 saturated heterocycles. The van der Waals surface area contributed by atoms with E-state index in [1.54, 1.807) is 11.3 Å². The normalized spacial score (nSPS) is 10.4. The molecule has 0 bridgehead atoms. The van der Waals surface area contributed by atoms with E-state index in [1.165, 1.54) is 0 Å². The minimum Gasteiger partial charge on any atom is -0.334 e. The van der Waals surface area contributed by atoms with Crippen molar-refractivity contribution in [3.05, 3.63) is 65.5 Å². The first-order valence-electron chi connectivity index (χ1n) is 6.38. The van der Waals surface area contributed by atoms with Crippen LogP contribution in [0.4, 0.5) is 10.5 Å². The molecular weight excluding hydrogens is 268 g/mol. The summed E-state index contributed by atoms with van der Waals surface area (Å²) in [7, 11) is 0. The van der Waals surface area contributed by atoms with Crippen molar-refractivity contribution in [3.63, 3.8) is 0 Å². The minimum absolute atomic E-state index is 0.185. The van der Waals surface area contributed by atoms with Crippen LogP contribution in [-0.4, -0.2) is 6.03 Å². The predicted molar refractivity (Wildman–Crippen MR) is 84.1 cm³/mol. The van der Waals surface area contributed by atoms with E-state index < -0.39 is 0 Å². The standard InChI is InChI=1S/C16H14N2OS/c19-16(17-11-12-5-2-1-3-6-12)18-14-8-4-7-13-9-10-20-15(13)14/h1-10H,11H2,(H2,17,18,19). The fraction of sp³-hybridized carbons (Fsp3) is 0.0625. The van der Waals surface area contributed by atoms with Crippen LogP contribution in [0.2, 0.25) is 0 Å². The SMILES string of the molecule is O=C(NCc1ccccc1)Nc1cccc2ccsc12. The van der Waals surface area contributed by atoms with Gasteiger partial charge < -0.3 is 10.6 Å². The molecule has 0 aliphatic carbocycles. The van der Waals surface area contributed by atoms with Crippen molar-refractivity contribution in [3.8, 4) is 0 Å². The Morgan fingerprint density at radius 1 is 1.00 bits per heavy atom. The molecule has 0 saturated carbocycles. The van der Waals surface area contributed by atoms with Gasteiger partial charge in [0.15, 0.2) is 0 Å². The molecule has 1 aromatic heterocycles. The maximum atomic E-state index is 11.9. The monoisotopic (exact) mass is 282 g/mol. The molecule has 2 aromatic carbocycles. The Hall–Kier alpha value is -2.33. The molecule has 0 unspecified atom stereocenters. The zero-order valence-corrected chi connectivity index (χ0v) is 11.6. The second-order valence-electron chi connectivity index (χ2n) is 4.44. The molecular formula is C16H14N2OS. The van der Waals surface area contributed by atoms with Gasteiger partial charge in [0.2, 0.25) is 0 Å². The molecule has 0 aliphatic heterocycles. The Bertz CT molecular complexity index is 721. The highest BCUT2D eigenvalue weighted by atomic mass is 32.1. The van der Waals surface area contributed by atoms with E-state index in [-0.39, 0.29) is 6.03 Å². The fourth-order valence-corrected chi connectivity index (χ4v) is 2.91. The highest BCUT2D eigenvalue weighted by Gasteiger charge is 2.06. The van der Waals surface area contributed by atoms with Crippen LogP contribution in [0, 0.1) is 0 Å². The summed E-state index contributed by atoms with van der Waals surface area (Å²) in [6, 6.07) is 17.6. The third-order valence-corrected chi connectivity index (χ3v) is 3.99. The molecule has 4 heteroatoms. The number of carbonyl (C=O) groups is 1. The average Bonchev–Trinajstić information content (AvgIpc) is 2.96. The van der Waals surface area contributed by atoms with Crippen molar-refractivity contribution in [2.24, 2.45) is 0 Å². The van der Waals surface area contributed by atoms with E-state index >= 15 is 0 Å². The summed E-state index contributed by atoms with van der Waals surface area (Å²) in [6.07, 6.45) is 0. The molecule has 1 heterocycles. The summed E-state index contributed by atoms with van der Waals surface area (Å²) in [6.45, 7) is 0.521. The lowest BCUT2D eigenvalue weighted by atomic mass is 10.2. The lowest BCUT2D eigenvalue weighted by molar-refractivity contribution is 0.252. The largest absolute Gasteiger partial charge is 0.334 e. The number of hydrogen-bond donors (Lipinski definition) is 2. The second-order valence-corrected chi connectivity index (χ2v) is 5.35. The van der Waals surface area contributed by atoms with Crippen molar-refractivity contribution >= 4 is 33.1 Å². The number of urea groups is 1. The molecule has 2 N–H and O–H groups in total. The van der Waals surface area contributed by atoms with Gasteiger partial charge in [0.1, 0.15) is 0 Å². The van der Waals surface area contributed by atoms with Crippen LogP contribution in [0.1, 0.15) is 5.56 Å². The molecule has 0 spiro atoms. The van der Waals surface area contributed by atoms with Gasteiger partial charge in [-0.25, -0.2) is 4.79 Å². The topological polar surface area (TPSA) is 41.1 Å². The van der Waals surface area contributed by atoms with Crippen LogP contribution >= 0.6 is 11.3 Å². The number of fused-ring (bicyclic) bond motifs is 1. The second kappa shape index (κ2) is 5.75. The Morgan fingerprint density at radius 2 is 1.85 bits per heavy atom. The van der Waals surface area contributed by atoms with E-state index in [0.717, 1.165) is 21.3 Å². The summed E-state index contributed by atoms with van der Waals surface area (Å²) in [4.78, 5) is 11.9. The Balaban J connectivity index is 1.66. The number of nitrogens with one attached hydrogen (secondary N) is 2. The van der Waals surface area contributed by atoms with Crippen LogP contribution in [-0.2, 0) is 6.54 Å². The van der Waals surface area contributed by atoms with E-state index in [9.17, 15) is 4.79 Å². The minimum atomic E-state index is -0.185. The van der Waals surface area contributed by atoms with Gasteiger partial charge in [-0.1, -0.05) is 42.5 Å². The summed E-state index contributed by atoms with van der Waals surface area (Å²) < 4.78 is 1.10. The number of thiophene rings is 1. The zero-order valence-electron chi connectivity index (χ0n) is 10.8. The first kappa shape index (κ1) is 12.7. The molecule has 0 fully saturated rings. The van der Waals surface area contributed by atoms with Crippen LogP contribution in [0.5, 0.6) is 0 Å². The lowest BCUT2D eigenvalue weighted by Gasteiger charge is -2.08. The van der Waals surface area contributed by atoms with Gasteiger partial charge in [-0.15, -0.1) is 11.3 Å². The highest BCUT2D eigenvalue weighted by Crippen LogP contribution is 2.28. The van der Waals surface area contributed by atoms with E-state index in [2.05, 4.69) is 10.6 Å². The molecule has 3 nitrogen and oxygen atoms in total. The van der Waals surface area contributed by atoms with Crippen molar-refractivity contribution in [1.82, 2.24) is 5.32 Å². The number of amides is 2. The van der Waals surface area contributed by atoms with Crippen LogP contribution in [0.25, 0.3) is 10.1 Å². The molecule has 20 heavy (non-hydrogen) atoms. The molecule has 100 valence electrons. The highest BCUT2D eigenvalue weighted by molar-refractivity contribution is 7.17. The lowest BCUT2D eigenvalue weighted by Crippen LogP contribution is -2.28. The maximum absolute atomic E-state index is 11.9. The molecule has 0 atom stereocenters. The summed E-state index contributed by atoms with van der Waals surface area (Å²) in [5.41, 5.74) is 1.93. The van der Waals surface area contributed by atoms with Crippen molar-refractivity contribution < 1.29 is 4.79 Å². The molecule has 0 aliphatic rings. The number of benzene rings is 2. The van der Waals surface area contributed by atoms with Gasteiger partial charge in [-0.2, -0.15) is 0 Å². The molecule has 0 radical (unpaired) electrons. The van der Waals surface area contributed by atoms with Gasteiger partial charge in [-0.05, 0) is 28.5 Å². The third kappa shape index (κ3) is 2.81. The zero-order chi connectivity index (χ0) is 13.8. The van der Waals surface area contributed by atoms with Crippen molar-refractivity contribution in [2.45, 2.75) is 6.54 Å². The van der Waals surface area contributed by atoms with Gasteiger partial charge in [0, 0.05) is 6.54 Å². The predicted octanol–water partition coefficient (Wildman–Crippen LogP) is 4.22. The number of hydrogen-bond acceptors (Lipinski definition) is 2. The van der Waals surface area contributed by atoms with Crippen molar-refractivity contribution in [2.75, 3.05) is 5.32 Å². The summed E-state index contributed by atoms with van der Waals surface area (Å²) >= 11 is 1.63. The quantitative estimate of drug-likeness (QED) is 0.742. The Labute approximate surface area is 121 Å². The van der Waals surface area contributed by atoms with E-state index in [0.29, 0.717) is 6.54 Å². The van der Waals surface area contributed by atoms with Gasteiger partial charge in [-0.3, -0.25) is 0 Å². The van der Waals surface area contributed by atoms with Crippen LogP contribution < -0.4 is 10.6 Å². The third-order valence-electron chi connectivity index (χ3n) is 3.02. The fourth-order valence-electron chi connectivity index (χ4n) is 2.04. The van der Waals surface area contributed by atoms with Gasteiger partial charge in [0.25, 0.3) is 0 Å². The molecule has 2 amide bonds. The van der Waals surface area contributed by atoms with Gasteiger partial charge in [0.05, 0.1) is 10.4 Å². The number of carbonyl (C=O) groups excluding carboxylic acids is 1. The Kier molecular flexibility index (Phi) is 3.65. The maximum Gasteiger partial charge on any atom is 0.319 e.